The number of hydrogen-bond donors (Lipinski definition) is 1. The summed E-state index contributed by atoms with van der Waals surface area (Å²) in [4.78, 5) is 0. The topological polar surface area (TPSA) is 46.0 Å². The third-order valence-corrected chi connectivity index (χ3v) is 2.76. The number of aromatic amines is 1. The Morgan fingerprint density at radius 3 is 2.79 bits per heavy atom. The second kappa shape index (κ2) is 5.05. The molecule has 19 heavy (non-hydrogen) atoms. The van der Waals surface area contributed by atoms with Crippen LogP contribution in [0, 0.1) is 10.6 Å². The molecule has 0 saturated carbocycles. The van der Waals surface area contributed by atoms with Crippen LogP contribution in [0.25, 0.3) is 0 Å². The van der Waals surface area contributed by atoms with Gasteiger partial charge >= 0.3 is 0 Å². The molecule has 0 amide bonds. The van der Waals surface area contributed by atoms with Crippen LogP contribution in [0.5, 0.6) is 0 Å². The van der Waals surface area contributed by atoms with Crippen molar-refractivity contribution in [3.63, 3.8) is 0 Å². The SMILES string of the molecule is CC(C)(C)c1n[nH]c(=S)n1/N=C\c1cccc(F)c1. The van der Waals surface area contributed by atoms with Gasteiger partial charge in [0.25, 0.3) is 0 Å². The van der Waals surface area contributed by atoms with E-state index in [0.29, 0.717) is 10.3 Å². The number of aromatic nitrogens is 3. The number of hydrogen-bond acceptors (Lipinski definition) is 3. The van der Waals surface area contributed by atoms with Crippen molar-refractivity contribution >= 4 is 18.4 Å². The zero-order valence-electron chi connectivity index (χ0n) is 11.0. The summed E-state index contributed by atoms with van der Waals surface area (Å²) in [5.41, 5.74) is 0.482. The lowest BCUT2D eigenvalue weighted by Gasteiger charge is -2.15. The first-order chi connectivity index (χ1) is 8.88. The maximum atomic E-state index is 13.1. The molecule has 1 heterocycles. The van der Waals surface area contributed by atoms with E-state index < -0.39 is 0 Å². The van der Waals surface area contributed by atoms with E-state index in [0.717, 1.165) is 5.82 Å². The molecule has 0 saturated heterocycles. The Morgan fingerprint density at radius 2 is 2.16 bits per heavy atom. The molecule has 6 heteroatoms. The van der Waals surface area contributed by atoms with Crippen molar-refractivity contribution in [2.24, 2.45) is 5.10 Å². The fraction of sp³-hybridized carbons (Fsp3) is 0.308. The maximum absolute atomic E-state index is 13.1. The van der Waals surface area contributed by atoms with E-state index in [-0.39, 0.29) is 11.2 Å². The van der Waals surface area contributed by atoms with E-state index in [1.165, 1.54) is 12.1 Å². The summed E-state index contributed by atoms with van der Waals surface area (Å²) < 4.78 is 15.0. The van der Waals surface area contributed by atoms with Crippen molar-refractivity contribution in [2.75, 3.05) is 0 Å². The van der Waals surface area contributed by atoms with Gasteiger partial charge in [0.05, 0.1) is 6.21 Å². The lowest BCUT2D eigenvalue weighted by Crippen LogP contribution is -2.17. The average molecular weight is 278 g/mol. The fourth-order valence-corrected chi connectivity index (χ4v) is 1.77. The van der Waals surface area contributed by atoms with Crippen LogP contribution in [-0.4, -0.2) is 21.1 Å². The average Bonchev–Trinajstić information content (AvgIpc) is 2.68. The van der Waals surface area contributed by atoms with Crippen molar-refractivity contribution < 1.29 is 4.39 Å². The number of rotatable bonds is 2. The molecule has 1 aromatic carbocycles. The quantitative estimate of drug-likeness (QED) is 0.677. The van der Waals surface area contributed by atoms with Crippen LogP contribution in [0.3, 0.4) is 0 Å². The Labute approximate surface area is 116 Å². The Kier molecular flexibility index (Phi) is 3.61. The molecule has 0 aliphatic rings. The van der Waals surface area contributed by atoms with Crippen molar-refractivity contribution in [3.8, 4) is 0 Å². The van der Waals surface area contributed by atoms with Crippen LogP contribution >= 0.6 is 12.2 Å². The molecule has 0 unspecified atom stereocenters. The first-order valence-electron chi connectivity index (χ1n) is 5.86. The smallest absolute Gasteiger partial charge is 0.216 e. The second-order valence-corrected chi connectivity index (χ2v) is 5.60. The molecule has 1 N–H and O–H groups in total. The van der Waals surface area contributed by atoms with Crippen LogP contribution in [0.1, 0.15) is 32.2 Å². The summed E-state index contributed by atoms with van der Waals surface area (Å²) in [7, 11) is 0. The Bertz CT molecular complexity index is 664. The van der Waals surface area contributed by atoms with Crippen LogP contribution in [0.15, 0.2) is 29.4 Å². The highest BCUT2D eigenvalue weighted by molar-refractivity contribution is 7.71. The molecular formula is C13H15FN4S. The standard InChI is InChI=1S/C13H15FN4S/c1-13(2,3)11-16-17-12(19)18(11)15-8-9-5-4-6-10(14)7-9/h4-8H,1-3H3,(H,17,19)/b15-8-. The first kappa shape index (κ1) is 13.6. The predicted octanol–water partition coefficient (Wildman–Crippen LogP) is 3.26. The zero-order valence-corrected chi connectivity index (χ0v) is 11.8. The third-order valence-electron chi connectivity index (χ3n) is 2.49. The Hall–Kier alpha value is -1.82. The van der Waals surface area contributed by atoms with E-state index in [1.807, 2.05) is 20.8 Å². The molecule has 100 valence electrons. The minimum atomic E-state index is -0.296. The molecule has 2 rings (SSSR count). The number of H-pyrrole nitrogens is 1. The molecule has 0 spiro atoms. The number of halogens is 1. The summed E-state index contributed by atoms with van der Waals surface area (Å²) in [6.45, 7) is 6.06. The van der Waals surface area contributed by atoms with Crippen molar-refractivity contribution in [1.82, 2.24) is 14.9 Å². The van der Waals surface area contributed by atoms with Gasteiger partial charge in [-0.05, 0) is 29.9 Å². The lowest BCUT2D eigenvalue weighted by atomic mass is 9.96. The molecule has 0 bridgehead atoms. The van der Waals surface area contributed by atoms with E-state index >= 15 is 0 Å². The number of benzene rings is 1. The van der Waals surface area contributed by atoms with Gasteiger partial charge in [0, 0.05) is 5.41 Å². The minimum Gasteiger partial charge on any atom is -0.250 e. The molecular weight excluding hydrogens is 263 g/mol. The molecule has 2 aromatic rings. The summed E-state index contributed by atoms with van der Waals surface area (Å²) in [6, 6.07) is 6.20. The van der Waals surface area contributed by atoms with E-state index in [1.54, 1.807) is 23.0 Å². The minimum absolute atomic E-state index is 0.188. The number of nitrogens with zero attached hydrogens (tertiary/aromatic N) is 3. The van der Waals surface area contributed by atoms with Gasteiger partial charge in [-0.15, -0.1) is 0 Å². The largest absolute Gasteiger partial charge is 0.250 e. The normalized spacial score (nSPS) is 12.2. The van der Waals surface area contributed by atoms with Gasteiger partial charge in [0.2, 0.25) is 4.77 Å². The predicted molar refractivity (Wildman–Crippen MR) is 75.5 cm³/mol. The zero-order chi connectivity index (χ0) is 14.0. The second-order valence-electron chi connectivity index (χ2n) is 5.21. The summed E-state index contributed by atoms with van der Waals surface area (Å²) >= 11 is 5.14. The van der Waals surface area contributed by atoms with Crippen molar-refractivity contribution in [1.29, 1.82) is 0 Å². The Balaban J connectivity index is 2.39. The summed E-state index contributed by atoms with van der Waals surface area (Å²) in [5, 5.41) is 11.2. The van der Waals surface area contributed by atoms with Gasteiger partial charge in [-0.1, -0.05) is 32.9 Å². The lowest BCUT2D eigenvalue weighted by molar-refractivity contribution is 0.516. The van der Waals surface area contributed by atoms with Gasteiger partial charge < -0.3 is 0 Å². The molecule has 1 aromatic heterocycles. The van der Waals surface area contributed by atoms with Crippen LogP contribution in [-0.2, 0) is 5.41 Å². The van der Waals surface area contributed by atoms with Crippen molar-refractivity contribution in [3.05, 3.63) is 46.2 Å². The van der Waals surface area contributed by atoms with Gasteiger partial charge in [0.1, 0.15) is 5.82 Å². The highest BCUT2D eigenvalue weighted by Crippen LogP contribution is 2.19. The first-order valence-corrected chi connectivity index (χ1v) is 6.26. The summed E-state index contributed by atoms with van der Waals surface area (Å²) in [5.74, 6) is 0.431. The highest BCUT2D eigenvalue weighted by Gasteiger charge is 2.21. The van der Waals surface area contributed by atoms with Crippen molar-refractivity contribution in [2.45, 2.75) is 26.2 Å². The molecule has 4 nitrogen and oxygen atoms in total. The molecule has 0 fully saturated rings. The highest BCUT2D eigenvalue weighted by atomic mass is 32.1. The molecule has 0 radical (unpaired) electrons. The van der Waals surface area contributed by atoms with Crippen LogP contribution in [0.4, 0.5) is 4.39 Å². The molecule has 0 aliphatic carbocycles. The van der Waals surface area contributed by atoms with Gasteiger partial charge in [-0.2, -0.15) is 14.9 Å². The van der Waals surface area contributed by atoms with E-state index in [2.05, 4.69) is 15.3 Å². The van der Waals surface area contributed by atoms with Gasteiger partial charge in [0.15, 0.2) is 5.82 Å². The molecule has 0 atom stereocenters. The van der Waals surface area contributed by atoms with Crippen LogP contribution in [0.2, 0.25) is 0 Å². The maximum Gasteiger partial charge on any atom is 0.216 e. The monoisotopic (exact) mass is 278 g/mol. The van der Waals surface area contributed by atoms with Crippen LogP contribution < -0.4 is 0 Å². The third kappa shape index (κ3) is 3.14. The summed E-state index contributed by atoms with van der Waals surface area (Å²) in [6.07, 6.45) is 1.56. The van der Waals surface area contributed by atoms with E-state index in [4.69, 9.17) is 12.2 Å². The van der Waals surface area contributed by atoms with Gasteiger partial charge in [-0.3, -0.25) is 5.10 Å². The Morgan fingerprint density at radius 1 is 1.42 bits per heavy atom. The van der Waals surface area contributed by atoms with Gasteiger partial charge in [-0.25, -0.2) is 4.39 Å². The fourth-order valence-electron chi connectivity index (χ4n) is 1.60. The number of nitrogens with one attached hydrogen (secondary N) is 1. The van der Waals surface area contributed by atoms with E-state index in [9.17, 15) is 4.39 Å². The molecule has 0 aliphatic heterocycles.